The Balaban J connectivity index is 2.13. The maximum absolute atomic E-state index is 2.45. The van der Waals surface area contributed by atoms with Gasteiger partial charge in [-0.2, -0.15) is 0 Å². The summed E-state index contributed by atoms with van der Waals surface area (Å²) in [7, 11) is 0. The molecule has 1 aliphatic rings. The smallest absolute Gasteiger partial charge is 0.0288 e. The standard InChI is InChI=1S/C16H28/c1-4-14(2)8-7-9-15(3)12-13-16-10-5-6-11-16/h4,9,16H,5-8,10-13H2,1-3H3/b14-4+,15-9+. The van der Waals surface area contributed by atoms with Crippen LogP contribution in [-0.4, -0.2) is 0 Å². The Labute approximate surface area is 102 Å². The van der Waals surface area contributed by atoms with E-state index in [0.717, 1.165) is 5.92 Å². The van der Waals surface area contributed by atoms with E-state index in [2.05, 4.69) is 32.9 Å². The lowest BCUT2D eigenvalue weighted by molar-refractivity contribution is 0.502. The van der Waals surface area contributed by atoms with Crippen LogP contribution in [0.2, 0.25) is 0 Å². The Hall–Kier alpha value is -0.520. The van der Waals surface area contributed by atoms with E-state index in [9.17, 15) is 0 Å². The minimum atomic E-state index is 1.04. The van der Waals surface area contributed by atoms with Gasteiger partial charge < -0.3 is 0 Å². The number of allylic oxidation sites excluding steroid dienone is 4. The molecule has 1 rings (SSSR count). The van der Waals surface area contributed by atoms with Gasteiger partial charge in [0.25, 0.3) is 0 Å². The lowest BCUT2D eigenvalue weighted by Crippen LogP contribution is -1.93. The maximum Gasteiger partial charge on any atom is -0.0288 e. The molecule has 0 saturated heterocycles. The van der Waals surface area contributed by atoms with Crippen molar-refractivity contribution in [3.8, 4) is 0 Å². The molecule has 0 amide bonds. The van der Waals surface area contributed by atoms with Crippen molar-refractivity contribution in [1.29, 1.82) is 0 Å². The van der Waals surface area contributed by atoms with Crippen molar-refractivity contribution >= 4 is 0 Å². The van der Waals surface area contributed by atoms with Gasteiger partial charge in [0, 0.05) is 0 Å². The van der Waals surface area contributed by atoms with Gasteiger partial charge in [-0.3, -0.25) is 0 Å². The molecule has 0 bridgehead atoms. The summed E-state index contributed by atoms with van der Waals surface area (Å²) in [5.74, 6) is 1.04. The summed E-state index contributed by atoms with van der Waals surface area (Å²) in [6.07, 6.45) is 15.8. The van der Waals surface area contributed by atoms with Crippen molar-refractivity contribution in [2.75, 3.05) is 0 Å². The molecule has 0 radical (unpaired) electrons. The monoisotopic (exact) mass is 220 g/mol. The fraction of sp³-hybridized carbons (Fsp3) is 0.750. The first-order chi connectivity index (χ1) is 7.72. The third kappa shape index (κ3) is 5.53. The predicted octanol–water partition coefficient (Wildman–Crippen LogP) is 5.65. The summed E-state index contributed by atoms with van der Waals surface area (Å²) in [4.78, 5) is 0. The van der Waals surface area contributed by atoms with E-state index in [1.54, 1.807) is 5.57 Å². The maximum atomic E-state index is 2.45. The third-order valence-electron chi connectivity index (χ3n) is 3.95. The number of hydrogen-bond donors (Lipinski definition) is 0. The fourth-order valence-corrected chi connectivity index (χ4v) is 2.52. The largest absolute Gasteiger partial charge is 0.0887 e. The summed E-state index contributed by atoms with van der Waals surface area (Å²) in [6, 6.07) is 0. The van der Waals surface area contributed by atoms with Crippen LogP contribution in [0.4, 0.5) is 0 Å². The highest BCUT2D eigenvalue weighted by molar-refractivity contribution is 5.02. The molecule has 0 aliphatic heterocycles. The van der Waals surface area contributed by atoms with Crippen LogP contribution >= 0.6 is 0 Å². The van der Waals surface area contributed by atoms with Gasteiger partial charge in [0.2, 0.25) is 0 Å². The summed E-state index contributed by atoms with van der Waals surface area (Å²) < 4.78 is 0. The first-order valence-corrected chi connectivity index (χ1v) is 6.99. The highest BCUT2D eigenvalue weighted by Crippen LogP contribution is 2.29. The zero-order valence-corrected chi connectivity index (χ0v) is 11.4. The van der Waals surface area contributed by atoms with E-state index in [4.69, 9.17) is 0 Å². The second-order valence-electron chi connectivity index (χ2n) is 5.41. The average molecular weight is 220 g/mol. The first kappa shape index (κ1) is 13.5. The first-order valence-electron chi connectivity index (χ1n) is 6.99. The van der Waals surface area contributed by atoms with Gasteiger partial charge in [0.15, 0.2) is 0 Å². The molecule has 0 aromatic heterocycles. The van der Waals surface area contributed by atoms with Crippen LogP contribution in [0.3, 0.4) is 0 Å². The van der Waals surface area contributed by atoms with Gasteiger partial charge in [-0.1, -0.05) is 49.0 Å². The second-order valence-corrected chi connectivity index (χ2v) is 5.41. The lowest BCUT2D eigenvalue weighted by atomic mass is 9.98. The molecule has 1 aliphatic carbocycles. The minimum absolute atomic E-state index is 1.04. The molecule has 1 saturated carbocycles. The van der Waals surface area contributed by atoms with Gasteiger partial charge >= 0.3 is 0 Å². The van der Waals surface area contributed by atoms with Crippen LogP contribution in [0.1, 0.15) is 72.1 Å². The van der Waals surface area contributed by atoms with Gasteiger partial charge in [-0.15, -0.1) is 0 Å². The van der Waals surface area contributed by atoms with E-state index < -0.39 is 0 Å². The third-order valence-corrected chi connectivity index (χ3v) is 3.95. The molecule has 0 heterocycles. The average Bonchev–Trinajstić information content (AvgIpc) is 2.79. The lowest BCUT2D eigenvalue weighted by Gasteiger charge is -2.08. The Morgan fingerprint density at radius 2 is 1.75 bits per heavy atom. The zero-order chi connectivity index (χ0) is 11.8. The van der Waals surface area contributed by atoms with Gasteiger partial charge in [-0.25, -0.2) is 0 Å². The summed E-state index contributed by atoms with van der Waals surface area (Å²) in [5, 5.41) is 0. The Morgan fingerprint density at radius 1 is 1.06 bits per heavy atom. The molecular formula is C16H28. The molecule has 0 N–H and O–H groups in total. The number of hydrogen-bond acceptors (Lipinski definition) is 0. The Morgan fingerprint density at radius 3 is 2.38 bits per heavy atom. The van der Waals surface area contributed by atoms with Crippen LogP contribution in [0.25, 0.3) is 0 Å². The SMILES string of the molecule is C/C=C(\C)CC/C=C(\C)CCC1CCCC1. The van der Waals surface area contributed by atoms with Gasteiger partial charge in [0.05, 0.1) is 0 Å². The molecule has 0 aromatic rings. The molecule has 0 aromatic carbocycles. The molecular weight excluding hydrogens is 192 g/mol. The molecule has 0 nitrogen and oxygen atoms in total. The van der Waals surface area contributed by atoms with E-state index in [1.165, 1.54) is 56.9 Å². The van der Waals surface area contributed by atoms with Crippen molar-refractivity contribution in [2.24, 2.45) is 5.92 Å². The summed E-state index contributed by atoms with van der Waals surface area (Å²) in [6.45, 7) is 6.66. The quantitative estimate of drug-likeness (QED) is 0.507. The number of rotatable bonds is 6. The van der Waals surface area contributed by atoms with Crippen LogP contribution in [0.5, 0.6) is 0 Å². The van der Waals surface area contributed by atoms with E-state index >= 15 is 0 Å². The molecule has 1 fully saturated rings. The van der Waals surface area contributed by atoms with Crippen molar-refractivity contribution in [3.05, 3.63) is 23.3 Å². The summed E-state index contributed by atoms with van der Waals surface area (Å²) in [5.41, 5.74) is 3.12. The molecule has 0 unspecified atom stereocenters. The van der Waals surface area contributed by atoms with Crippen molar-refractivity contribution < 1.29 is 0 Å². The fourth-order valence-electron chi connectivity index (χ4n) is 2.52. The molecule has 0 atom stereocenters. The highest BCUT2D eigenvalue weighted by Gasteiger charge is 2.14. The van der Waals surface area contributed by atoms with Crippen molar-refractivity contribution in [2.45, 2.75) is 72.1 Å². The van der Waals surface area contributed by atoms with Gasteiger partial charge in [0.1, 0.15) is 0 Å². The van der Waals surface area contributed by atoms with Crippen LogP contribution in [0, 0.1) is 5.92 Å². The molecule has 0 spiro atoms. The predicted molar refractivity (Wildman–Crippen MR) is 73.6 cm³/mol. The minimum Gasteiger partial charge on any atom is -0.0887 e. The van der Waals surface area contributed by atoms with Gasteiger partial charge in [-0.05, 0) is 52.4 Å². The van der Waals surface area contributed by atoms with Crippen LogP contribution in [0.15, 0.2) is 23.3 Å². The molecule has 16 heavy (non-hydrogen) atoms. The van der Waals surface area contributed by atoms with Crippen molar-refractivity contribution in [1.82, 2.24) is 0 Å². The van der Waals surface area contributed by atoms with Crippen molar-refractivity contribution in [3.63, 3.8) is 0 Å². The normalized spacial score (nSPS) is 19.4. The Bertz CT molecular complexity index is 239. The second kappa shape index (κ2) is 7.70. The summed E-state index contributed by atoms with van der Waals surface area (Å²) >= 11 is 0. The van der Waals surface area contributed by atoms with E-state index in [-0.39, 0.29) is 0 Å². The van der Waals surface area contributed by atoms with E-state index in [1.807, 2.05) is 0 Å². The molecule has 0 heteroatoms. The zero-order valence-electron chi connectivity index (χ0n) is 11.4. The van der Waals surface area contributed by atoms with Crippen LogP contribution < -0.4 is 0 Å². The Kier molecular flexibility index (Phi) is 6.52. The topological polar surface area (TPSA) is 0 Å². The highest BCUT2D eigenvalue weighted by atomic mass is 14.2. The van der Waals surface area contributed by atoms with Crippen LogP contribution in [-0.2, 0) is 0 Å². The van der Waals surface area contributed by atoms with E-state index in [0.29, 0.717) is 0 Å². The molecule has 92 valence electrons.